The van der Waals surface area contributed by atoms with Crippen LogP contribution in [0.2, 0.25) is 0 Å². The van der Waals surface area contributed by atoms with Gasteiger partial charge in [-0.2, -0.15) is 0 Å². The summed E-state index contributed by atoms with van der Waals surface area (Å²) in [5, 5.41) is 6.03. The Morgan fingerprint density at radius 1 is 1.44 bits per heavy atom. The fraction of sp³-hybridized carbons (Fsp3) is 0.364. The minimum Gasteiger partial charge on any atom is -0.454 e. The summed E-state index contributed by atoms with van der Waals surface area (Å²) >= 11 is 0. The van der Waals surface area contributed by atoms with Gasteiger partial charge in [0, 0.05) is 24.4 Å². The number of carbonyl (C=O) groups is 1. The van der Waals surface area contributed by atoms with Crippen molar-refractivity contribution < 1.29 is 14.3 Å². The molecule has 0 aliphatic carbocycles. The molecule has 1 aliphatic heterocycles. The molecule has 0 unspecified atom stereocenters. The highest BCUT2D eigenvalue weighted by molar-refractivity contribution is 5.76. The number of hydrogen-bond acceptors (Lipinski definition) is 4. The van der Waals surface area contributed by atoms with Crippen LogP contribution in [-0.4, -0.2) is 19.2 Å². The molecule has 7 nitrogen and oxygen atoms in total. The Bertz CT molecular complexity index is 497. The first-order chi connectivity index (χ1) is 8.79. The van der Waals surface area contributed by atoms with E-state index in [2.05, 4.69) is 15.3 Å². The van der Waals surface area contributed by atoms with E-state index in [0.717, 1.165) is 5.56 Å². The number of amides is 1. The average Bonchev–Trinajstić information content (AvgIpc) is 2.84. The lowest BCUT2D eigenvalue weighted by molar-refractivity contribution is -0.121. The van der Waals surface area contributed by atoms with Crippen molar-refractivity contribution in [3.05, 3.63) is 34.2 Å². The van der Waals surface area contributed by atoms with Crippen molar-refractivity contribution in [3.8, 4) is 11.5 Å². The first-order valence-corrected chi connectivity index (χ1v) is 5.45. The van der Waals surface area contributed by atoms with Crippen LogP contribution in [0.5, 0.6) is 11.5 Å². The number of nitrogens with one attached hydrogen (secondary N) is 1. The van der Waals surface area contributed by atoms with Crippen LogP contribution in [0, 0.1) is 0 Å². The second kappa shape index (κ2) is 5.79. The van der Waals surface area contributed by atoms with Gasteiger partial charge in [0.25, 0.3) is 0 Å². The average molecular weight is 248 g/mol. The topological polar surface area (TPSA) is 96.3 Å². The van der Waals surface area contributed by atoms with E-state index in [1.807, 2.05) is 18.2 Å². The maximum absolute atomic E-state index is 11.4. The quantitative estimate of drug-likeness (QED) is 0.488. The Morgan fingerprint density at radius 2 is 2.28 bits per heavy atom. The van der Waals surface area contributed by atoms with Gasteiger partial charge in [-0.15, -0.1) is 0 Å². The van der Waals surface area contributed by atoms with E-state index in [1.54, 1.807) is 0 Å². The zero-order chi connectivity index (χ0) is 12.8. The van der Waals surface area contributed by atoms with Crippen molar-refractivity contribution >= 4 is 5.91 Å². The van der Waals surface area contributed by atoms with Crippen LogP contribution in [0.25, 0.3) is 10.4 Å². The number of benzene rings is 1. The lowest BCUT2D eigenvalue weighted by atomic mass is 10.2. The van der Waals surface area contributed by atoms with Gasteiger partial charge in [0.05, 0.1) is 0 Å². The Hall–Kier alpha value is -2.40. The van der Waals surface area contributed by atoms with E-state index >= 15 is 0 Å². The molecule has 94 valence electrons. The highest BCUT2D eigenvalue weighted by Crippen LogP contribution is 2.32. The number of carbonyl (C=O) groups excluding carboxylic acids is 1. The van der Waals surface area contributed by atoms with E-state index < -0.39 is 0 Å². The number of fused-ring (bicyclic) bond motifs is 1. The first-order valence-electron chi connectivity index (χ1n) is 5.45. The summed E-state index contributed by atoms with van der Waals surface area (Å²) in [5.41, 5.74) is 9.00. The molecule has 7 heteroatoms. The molecular weight excluding hydrogens is 236 g/mol. The van der Waals surface area contributed by atoms with Gasteiger partial charge in [-0.3, -0.25) is 4.79 Å². The third-order valence-electron chi connectivity index (χ3n) is 2.43. The Labute approximate surface area is 103 Å². The van der Waals surface area contributed by atoms with Crippen LogP contribution < -0.4 is 14.8 Å². The highest BCUT2D eigenvalue weighted by Gasteiger charge is 2.13. The number of rotatable bonds is 5. The van der Waals surface area contributed by atoms with E-state index in [0.29, 0.717) is 18.0 Å². The van der Waals surface area contributed by atoms with Crippen molar-refractivity contribution in [2.75, 3.05) is 13.3 Å². The number of azide groups is 1. The second-order valence-corrected chi connectivity index (χ2v) is 3.67. The minimum atomic E-state index is -0.153. The standard InChI is InChI=1S/C11H12N4O3/c12-15-14-4-3-11(16)13-6-8-1-2-9-10(5-8)18-7-17-9/h1-2,5H,3-4,6-7H2,(H,13,16). The van der Waals surface area contributed by atoms with Gasteiger partial charge in [0.2, 0.25) is 12.7 Å². The predicted octanol–water partition coefficient (Wildman–Crippen LogP) is 1.73. The fourth-order valence-corrected chi connectivity index (χ4v) is 1.54. The summed E-state index contributed by atoms with van der Waals surface area (Å²) < 4.78 is 10.4. The van der Waals surface area contributed by atoms with E-state index in [9.17, 15) is 4.79 Å². The summed E-state index contributed by atoms with van der Waals surface area (Å²) in [6.07, 6.45) is 0.189. The molecule has 0 fully saturated rings. The largest absolute Gasteiger partial charge is 0.454 e. The van der Waals surface area contributed by atoms with Crippen LogP contribution >= 0.6 is 0 Å². The van der Waals surface area contributed by atoms with Gasteiger partial charge < -0.3 is 14.8 Å². The number of nitrogens with zero attached hydrogens (tertiary/aromatic N) is 3. The van der Waals surface area contributed by atoms with Crippen molar-refractivity contribution in [2.45, 2.75) is 13.0 Å². The number of ether oxygens (including phenoxy) is 2. The first kappa shape index (κ1) is 12.1. The van der Waals surface area contributed by atoms with Crippen LogP contribution in [-0.2, 0) is 11.3 Å². The Kier molecular flexibility index (Phi) is 3.88. The number of hydrogen-bond donors (Lipinski definition) is 1. The summed E-state index contributed by atoms with van der Waals surface area (Å²) in [7, 11) is 0. The molecule has 2 rings (SSSR count). The highest BCUT2D eigenvalue weighted by atomic mass is 16.7. The zero-order valence-electron chi connectivity index (χ0n) is 9.63. The van der Waals surface area contributed by atoms with Crippen molar-refractivity contribution in [3.63, 3.8) is 0 Å². The molecule has 0 radical (unpaired) electrons. The third kappa shape index (κ3) is 3.05. The zero-order valence-corrected chi connectivity index (χ0v) is 9.63. The molecule has 0 spiro atoms. The lowest BCUT2D eigenvalue weighted by Crippen LogP contribution is -2.23. The summed E-state index contributed by atoms with van der Waals surface area (Å²) in [4.78, 5) is 14.0. The Balaban J connectivity index is 1.83. The lowest BCUT2D eigenvalue weighted by Gasteiger charge is -2.05. The van der Waals surface area contributed by atoms with Crippen molar-refractivity contribution in [1.29, 1.82) is 0 Å². The van der Waals surface area contributed by atoms with Gasteiger partial charge >= 0.3 is 0 Å². The van der Waals surface area contributed by atoms with Gasteiger partial charge in [0.1, 0.15) is 0 Å². The molecular formula is C11H12N4O3. The molecule has 1 aliphatic rings. The molecule has 0 bridgehead atoms. The van der Waals surface area contributed by atoms with Crippen LogP contribution in [0.3, 0.4) is 0 Å². The third-order valence-corrected chi connectivity index (χ3v) is 2.43. The van der Waals surface area contributed by atoms with Crippen molar-refractivity contribution in [2.24, 2.45) is 5.11 Å². The SMILES string of the molecule is [N-]=[N+]=NCCC(=O)NCc1ccc2c(c1)OCO2. The second-order valence-electron chi connectivity index (χ2n) is 3.67. The Morgan fingerprint density at radius 3 is 3.11 bits per heavy atom. The maximum atomic E-state index is 11.4. The molecule has 1 aromatic carbocycles. The van der Waals surface area contributed by atoms with E-state index in [4.69, 9.17) is 15.0 Å². The molecule has 1 amide bonds. The molecule has 18 heavy (non-hydrogen) atoms. The maximum Gasteiger partial charge on any atom is 0.231 e. The van der Waals surface area contributed by atoms with Crippen LogP contribution in [0.15, 0.2) is 23.3 Å². The molecule has 0 atom stereocenters. The van der Waals surface area contributed by atoms with Gasteiger partial charge in [-0.25, -0.2) is 0 Å². The summed E-state index contributed by atoms with van der Waals surface area (Å²) in [6, 6.07) is 5.50. The smallest absolute Gasteiger partial charge is 0.231 e. The van der Waals surface area contributed by atoms with E-state index in [-0.39, 0.29) is 25.7 Å². The van der Waals surface area contributed by atoms with Gasteiger partial charge in [0.15, 0.2) is 11.5 Å². The normalized spacial score (nSPS) is 11.8. The molecule has 0 saturated heterocycles. The molecule has 1 heterocycles. The fourth-order valence-electron chi connectivity index (χ4n) is 1.54. The summed E-state index contributed by atoms with van der Waals surface area (Å²) in [6.45, 7) is 0.812. The van der Waals surface area contributed by atoms with Gasteiger partial charge in [-0.1, -0.05) is 11.2 Å². The summed E-state index contributed by atoms with van der Waals surface area (Å²) in [5.74, 6) is 1.25. The van der Waals surface area contributed by atoms with Gasteiger partial charge in [-0.05, 0) is 23.2 Å². The van der Waals surface area contributed by atoms with Crippen LogP contribution in [0.1, 0.15) is 12.0 Å². The minimum absolute atomic E-state index is 0.153. The van der Waals surface area contributed by atoms with E-state index in [1.165, 1.54) is 0 Å². The van der Waals surface area contributed by atoms with Crippen LogP contribution in [0.4, 0.5) is 0 Å². The molecule has 0 aromatic heterocycles. The molecule has 1 aromatic rings. The molecule has 1 N–H and O–H groups in total. The monoisotopic (exact) mass is 248 g/mol. The van der Waals surface area contributed by atoms with Crippen molar-refractivity contribution in [1.82, 2.24) is 5.32 Å². The molecule has 0 saturated carbocycles. The predicted molar refractivity (Wildman–Crippen MR) is 63.0 cm³/mol.